The Hall–Kier alpha value is -4.32. The van der Waals surface area contributed by atoms with Gasteiger partial charge in [0.15, 0.2) is 0 Å². The first-order chi connectivity index (χ1) is 18.1. The molecule has 0 aliphatic carbocycles. The number of anilines is 1. The molecule has 0 bridgehead atoms. The number of hydrogen-bond acceptors (Lipinski definition) is 4. The van der Waals surface area contributed by atoms with Crippen LogP contribution in [-0.4, -0.2) is 28.4 Å². The van der Waals surface area contributed by atoms with Crippen molar-refractivity contribution in [2.45, 2.75) is 46.1 Å². The number of H-pyrrole nitrogens is 1. The summed E-state index contributed by atoms with van der Waals surface area (Å²) in [6.45, 7) is 10.5. The summed E-state index contributed by atoms with van der Waals surface area (Å²) in [5, 5.41) is 12.6. The molecular weight excluding hydrogens is 476 g/mol. The van der Waals surface area contributed by atoms with E-state index in [0.717, 1.165) is 33.3 Å². The Morgan fingerprint density at radius 2 is 1.74 bits per heavy atom. The highest BCUT2D eigenvalue weighted by atomic mass is 16.5. The molecule has 6 nitrogen and oxygen atoms in total. The third kappa shape index (κ3) is 4.16. The summed E-state index contributed by atoms with van der Waals surface area (Å²) in [4.78, 5) is 32.0. The predicted molar refractivity (Wildman–Crippen MR) is 151 cm³/mol. The normalized spacial score (nSPS) is 17.4. The van der Waals surface area contributed by atoms with Crippen LogP contribution in [0.1, 0.15) is 56.0 Å². The minimum atomic E-state index is -0.808. The molecule has 6 heteroatoms. The van der Waals surface area contributed by atoms with Crippen LogP contribution in [-0.2, 0) is 15.0 Å². The van der Waals surface area contributed by atoms with Crippen LogP contribution in [0.25, 0.3) is 16.7 Å². The Morgan fingerprint density at radius 1 is 1.03 bits per heavy atom. The van der Waals surface area contributed by atoms with Crippen LogP contribution >= 0.6 is 0 Å². The van der Waals surface area contributed by atoms with Crippen molar-refractivity contribution in [3.8, 4) is 5.75 Å². The minimum Gasteiger partial charge on any atom is -0.507 e. The van der Waals surface area contributed by atoms with Gasteiger partial charge in [0.1, 0.15) is 11.5 Å². The van der Waals surface area contributed by atoms with Gasteiger partial charge >= 0.3 is 0 Å². The standard InChI is InChI=1S/C32H32N2O4/c1-6-38-26-16-15-20(17-23(26)32(3,4)5)29(35)27-28(22-18-33-24-13-9-8-12-21(22)24)34(31(37)30(27)36)25-14-10-7-11-19(25)2/h7-18,28,33,35H,6H2,1-5H3/b29-27+. The maximum Gasteiger partial charge on any atom is 0.300 e. The third-order valence-corrected chi connectivity index (χ3v) is 7.10. The van der Waals surface area contributed by atoms with E-state index in [1.165, 1.54) is 4.90 Å². The number of aliphatic hydroxyl groups is 1. The van der Waals surface area contributed by atoms with Gasteiger partial charge in [-0.1, -0.05) is 57.2 Å². The molecule has 1 aliphatic heterocycles. The Labute approximate surface area is 222 Å². The molecule has 4 aromatic rings. The van der Waals surface area contributed by atoms with Crippen LogP contribution in [0.5, 0.6) is 5.75 Å². The lowest BCUT2D eigenvalue weighted by molar-refractivity contribution is -0.132. The summed E-state index contributed by atoms with van der Waals surface area (Å²) in [7, 11) is 0. The van der Waals surface area contributed by atoms with Crippen molar-refractivity contribution in [2.24, 2.45) is 0 Å². The SMILES string of the molecule is CCOc1ccc(/C(O)=C2\C(=O)C(=O)N(c3ccccc3C)C2c2c[nH]c3ccccc23)cc1C(C)(C)C. The van der Waals surface area contributed by atoms with Crippen molar-refractivity contribution < 1.29 is 19.4 Å². The number of rotatable bonds is 5. The molecular formula is C32H32N2O4. The molecule has 1 aromatic heterocycles. The first kappa shape index (κ1) is 25.3. The number of nitrogens with one attached hydrogen (secondary N) is 1. The fourth-order valence-electron chi connectivity index (χ4n) is 5.23. The van der Waals surface area contributed by atoms with Gasteiger partial charge in [0.05, 0.1) is 18.2 Å². The van der Waals surface area contributed by atoms with Gasteiger partial charge in [0.2, 0.25) is 0 Å². The van der Waals surface area contributed by atoms with Crippen LogP contribution in [0.3, 0.4) is 0 Å². The number of para-hydroxylation sites is 2. The predicted octanol–water partition coefficient (Wildman–Crippen LogP) is 6.80. The van der Waals surface area contributed by atoms with Crippen molar-refractivity contribution in [3.63, 3.8) is 0 Å². The number of aliphatic hydroxyl groups excluding tert-OH is 1. The highest BCUT2D eigenvalue weighted by Crippen LogP contribution is 2.45. The smallest absolute Gasteiger partial charge is 0.300 e. The molecule has 3 aromatic carbocycles. The summed E-state index contributed by atoms with van der Waals surface area (Å²) in [5.41, 5.74) is 4.27. The molecule has 194 valence electrons. The van der Waals surface area contributed by atoms with Gasteiger partial charge in [0, 0.05) is 39.5 Å². The summed E-state index contributed by atoms with van der Waals surface area (Å²) >= 11 is 0. The molecule has 2 N–H and O–H groups in total. The fraction of sp³-hybridized carbons (Fsp3) is 0.250. The number of amides is 1. The molecule has 0 spiro atoms. The number of hydrogen-bond donors (Lipinski definition) is 2. The zero-order valence-corrected chi connectivity index (χ0v) is 22.3. The van der Waals surface area contributed by atoms with Crippen LogP contribution in [0, 0.1) is 6.92 Å². The van der Waals surface area contributed by atoms with Crippen LogP contribution in [0.2, 0.25) is 0 Å². The number of ketones is 1. The van der Waals surface area contributed by atoms with Gasteiger partial charge in [-0.2, -0.15) is 0 Å². The van der Waals surface area contributed by atoms with Crippen molar-refractivity contribution in [1.82, 2.24) is 4.98 Å². The van der Waals surface area contributed by atoms with Crippen molar-refractivity contribution in [1.29, 1.82) is 0 Å². The molecule has 1 unspecified atom stereocenters. The van der Waals surface area contributed by atoms with Gasteiger partial charge in [-0.15, -0.1) is 0 Å². The van der Waals surface area contributed by atoms with Crippen molar-refractivity contribution in [3.05, 3.63) is 101 Å². The van der Waals surface area contributed by atoms with E-state index in [-0.39, 0.29) is 16.7 Å². The van der Waals surface area contributed by atoms with Gasteiger partial charge < -0.3 is 14.8 Å². The molecule has 1 saturated heterocycles. The van der Waals surface area contributed by atoms with E-state index in [1.807, 2.05) is 80.7 Å². The van der Waals surface area contributed by atoms with Crippen LogP contribution < -0.4 is 9.64 Å². The number of aromatic amines is 1. The lowest BCUT2D eigenvalue weighted by Crippen LogP contribution is -2.30. The zero-order chi connectivity index (χ0) is 27.2. The second kappa shape index (κ2) is 9.53. The summed E-state index contributed by atoms with van der Waals surface area (Å²) in [6.07, 6.45) is 1.82. The average Bonchev–Trinajstić information content (AvgIpc) is 3.42. The number of Topliss-reactive ketones (excluding diaryl/α,β-unsaturated/α-hetero) is 1. The number of fused-ring (bicyclic) bond motifs is 1. The number of nitrogens with zero attached hydrogens (tertiary/aromatic N) is 1. The first-order valence-corrected chi connectivity index (χ1v) is 12.8. The Balaban J connectivity index is 1.77. The van der Waals surface area contributed by atoms with Gasteiger partial charge in [-0.05, 0) is 55.2 Å². The lowest BCUT2D eigenvalue weighted by Gasteiger charge is -2.27. The number of aryl methyl sites for hydroxylation is 1. The number of carbonyl (C=O) groups excluding carboxylic acids is 2. The Kier molecular flexibility index (Phi) is 6.35. The molecule has 5 rings (SSSR count). The largest absolute Gasteiger partial charge is 0.507 e. The number of ether oxygens (including phenoxy) is 1. The molecule has 1 atom stereocenters. The third-order valence-electron chi connectivity index (χ3n) is 7.10. The van der Waals surface area contributed by atoms with E-state index < -0.39 is 17.7 Å². The molecule has 2 heterocycles. The number of benzene rings is 3. The van der Waals surface area contributed by atoms with E-state index >= 15 is 0 Å². The Bertz CT molecular complexity index is 1590. The van der Waals surface area contributed by atoms with E-state index in [4.69, 9.17) is 4.74 Å². The summed E-state index contributed by atoms with van der Waals surface area (Å²) in [5.74, 6) is -0.862. The van der Waals surface area contributed by atoms with Crippen molar-refractivity contribution in [2.75, 3.05) is 11.5 Å². The molecule has 1 amide bonds. The summed E-state index contributed by atoms with van der Waals surface area (Å²) < 4.78 is 5.85. The topological polar surface area (TPSA) is 82.6 Å². The van der Waals surface area contributed by atoms with Gasteiger partial charge in [0.25, 0.3) is 11.7 Å². The Morgan fingerprint density at radius 3 is 2.45 bits per heavy atom. The highest BCUT2D eigenvalue weighted by Gasteiger charge is 2.48. The zero-order valence-electron chi connectivity index (χ0n) is 22.3. The van der Waals surface area contributed by atoms with Gasteiger partial charge in [-0.3, -0.25) is 14.5 Å². The van der Waals surface area contributed by atoms with E-state index in [9.17, 15) is 14.7 Å². The molecule has 0 radical (unpaired) electrons. The van der Waals surface area contributed by atoms with E-state index in [0.29, 0.717) is 17.9 Å². The monoisotopic (exact) mass is 508 g/mol. The van der Waals surface area contributed by atoms with Gasteiger partial charge in [-0.25, -0.2) is 0 Å². The second-order valence-electron chi connectivity index (χ2n) is 10.6. The number of aromatic nitrogens is 1. The first-order valence-electron chi connectivity index (χ1n) is 12.8. The van der Waals surface area contributed by atoms with E-state index in [1.54, 1.807) is 6.07 Å². The number of carbonyl (C=O) groups is 2. The second-order valence-corrected chi connectivity index (χ2v) is 10.6. The molecule has 1 fully saturated rings. The van der Waals surface area contributed by atoms with E-state index in [2.05, 4.69) is 25.8 Å². The maximum atomic E-state index is 13.7. The quantitative estimate of drug-likeness (QED) is 0.176. The summed E-state index contributed by atoms with van der Waals surface area (Å²) in [6, 6.07) is 19.8. The average molecular weight is 509 g/mol. The molecule has 0 saturated carbocycles. The highest BCUT2D eigenvalue weighted by molar-refractivity contribution is 6.52. The maximum absolute atomic E-state index is 13.7. The fourth-order valence-corrected chi connectivity index (χ4v) is 5.23. The van der Waals surface area contributed by atoms with Crippen LogP contribution in [0.4, 0.5) is 5.69 Å². The van der Waals surface area contributed by atoms with Crippen molar-refractivity contribution >= 4 is 34.0 Å². The lowest BCUT2D eigenvalue weighted by atomic mass is 9.84. The molecule has 38 heavy (non-hydrogen) atoms. The minimum absolute atomic E-state index is 0.0621. The molecule has 1 aliphatic rings. The van der Waals surface area contributed by atoms with Crippen LogP contribution in [0.15, 0.2) is 78.5 Å².